The maximum Gasteiger partial charge on any atom is 0.303 e. The molecule has 1 amide bonds. The molecule has 0 aromatic heterocycles. The molecule has 8 heteroatoms. The highest BCUT2D eigenvalue weighted by atomic mass is 16.7. The van der Waals surface area contributed by atoms with Gasteiger partial charge in [0.15, 0.2) is 6.29 Å². The average molecular weight is 483 g/mol. The molecule has 0 bridgehead atoms. The zero-order valence-corrected chi connectivity index (χ0v) is 19.9. The lowest BCUT2D eigenvalue weighted by Crippen LogP contribution is -2.41. The first-order chi connectivity index (χ1) is 17.0. The van der Waals surface area contributed by atoms with Crippen molar-refractivity contribution in [3.05, 3.63) is 65.2 Å². The number of aliphatic hydroxyl groups excluding tert-OH is 1. The molecule has 4 rings (SSSR count). The van der Waals surface area contributed by atoms with E-state index in [2.05, 4.69) is 10.2 Å². The third-order valence-electron chi connectivity index (χ3n) is 6.56. The minimum Gasteiger partial charge on any atom is -0.481 e. The van der Waals surface area contributed by atoms with E-state index in [0.29, 0.717) is 5.69 Å². The molecule has 2 aromatic carbocycles. The van der Waals surface area contributed by atoms with Gasteiger partial charge in [-0.05, 0) is 49.2 Å². The van der Waals surface area contributed by atoms with Gasteiger partial charge in [-0.2, -0.15) is 0 Å². The Morgan fingerprint density at radius 3 is 2.26 bits per heavy atom. The van der Waals surface area contributed by atoms with Gasteiger partial charge < -0.3 is 29.9 Å². The molecule has 2 saturated heterocycles. The van der Waals surface area contributed by atoms with Crippen molar-refractivity contribution in [2.75, 3.05) is 25.0 Å². The molecule has 0 spiro atoms. The molecule has 2 fully saturated rings. The third kappa shape index (κ3) is 7.35. The number of ether oxygens (including phenoxy) is 2. The molecular weight excluding hydrogens is 448 g/mol. The molecule has 35 heavy (non-hydrogen) atoms. The number of likely N-dealkylation sites (tertiary alicyclic amines) is 1. The Hall–Kier alpha value is -2.78. The summed E-state index contributed by atoms with van der Waals surface area (Å²) in [5.74, 6) is -1.33. The fraction of sp³-hybridized carbons (Fsp3) is 0.481. The molecule has 3 unspecified atom stereocenters. The van der Waals surface area contributed by atoms with E-state index in [1.54, 1.807) is 12.1 Å². The Kier molecular flexibility index (Phi) is 8.87. The van der Waals surface area contributed by atoms with Gasteiger partial charge in [-0.3, -0.25) is 9.59 Å². The summed E-state index contributed by atoms with van der Waals surface area (Å²) in [7, 11) is 0. The molecule has 3 atom stereocenters. The first-order valence-electron chi connectivity index (χ1n) is 12.3. The van der Waals surface area contributed by atoms with Gasteiger partial charge in [0.1, 0.15) is 0 Å². The number of piperidine rings is 1. The number of rotatable bonds is 9. The largest absolute Gasteiger partial charge is 0.481 e. The van der Waals surface area contributed by atoms with Gasteiger partial charge in [-0.15, -0.1) is 0 Å². The SMILES string of the molecule is O=C(O)CCC(=O)Nc1ccc(C2OC(CN3CCCCC3)CC(c3ccc(CO)cc3)O2)cc1. The number of nitrogens with zero attached hydrogens (tertiary/aromatic N) is 1. The molecule has 188 valence electrons. The Morgan fingerprint density at radius 1 is 0.914 bits per heavy atom. The lowest BCUT2D eigenvalue weighted by atomic mass is 9.99. The van der Waals surface area contributed by atoms with E-state index in [9.17, 15) is 14.7 Å². The lowest BCUT2D eigenvalue weighted by Gasteiger charge is -2.39. The number of hydrogen-bond donors (Lipinski definition) is 3. The fourth-order valence-corrected chi connectivity index (χ4v) is 4.63. The zero-order chi connectivity index (χ0) is 24.6. The number of benzene rings is 2. The first-order valence-corrected chi connectivity index (χ1v) is 12.3. The zero-order valence-electron chi connectivity index (χ0n) is 19.9. The number of anilines is 1. The quantitative estimate of drug-likeness (QED) is 0.495. The van der Waals surface area contributed by atoms with Gasteiger partial charge in [-0.1, -0.05) is 42.8 Å². The van der Waals surface area contributed by atoms with E-state index in [0.717, 1.165) is 42.7 Å². The number of aliphatic hydroxyl groups is 1. The second-order valence-electron chi connectivity index (χ2n) is 9.28. The molecular formula is C27H34N2O6. The highest BCUT2D eigenvalue weighted by molar-refractivity contribution is 5.92. The lowest BCUT2D eigenvalue weighted by molar-refractivity contribution is -0.253. The van der Waals surface area contributed by atoms with Crippen molar-refractivity contribution < 1.29 is 29.3 Å². The van der Waals surface area contributed by atoms with E-state index in [4.69, 9.17) is 14.6 Å². The van der Waals surface area contributed by atoms with Crippen LogP contribution in [0.4, 0.5) is 5.69 Å². The van der Waals surface area contributed by atoms with Gasteiger partial charge in [-0.25, -0.2) is 0 Å². The Morgan fingerprint density at radius 2 is 1.60 bits per heavy atom. The number of nitrogens with one attached hydrogen (secondary N) is 1. The molecule has 2 heterocycles. The van der Waals surface area contributed by atoms with Crippen LogP contribution in [0.25, 0.3) is 0 Å². The summed E-state index contributed by atoms with van der Waals surface area (Å²) < 4.78 is 12.8. The average Bonchev–Trinajstić information content (AvgIpc) is 2.88. The van der Waals surface area contributed by atoms with Gasteiger partial charge in [0.2, 0.25) is 5.91 Å². The van der Waals surface area contributed by atoms with Crippen molar-refractivity contribution in [3.8, 4) is 0 Å². The maximum absolute atomic E-state index is 11.9. The van der Waals surface area contributed by atoms with E-state index >= 15 is 0 Å². The smallest absolute Gasteiger partial charge is 0.303 e. The third-order valence-corrected chi connectivity index (χ3v) is 6.56. The van der Waals surface area contributed by atoms with Crippen LogP contribution in [0.2, 0.25) is 0 Å². The van der Waals surface area contributed by atoms with Crippen molar-refractivity contribution in [1.29, 1.82) is 0 Å². The van der Waals surface area contributed by atoms with Crippen molar-refractivity contribution in [1.82, 2.24) is 4.90 Å². The number of carbonyl (C=O) groups excluding carboxylic acids is 1. The van der Waals surface area contributed by atoms with Crippen molar-refractivity contribution >= 4 is 17.6 Å². The Bertz CT molecular complexity index is 972. The number of hydrogen-bond acceptors (Lipinski definition) is 6. The highest BCUT2D eigenvalue weighted by Crippen LogP contribution is 2.38. The van der Waals surface area contributed by atoms with Crippen LogP contribution in [0.15, 0.2) is 48.5 Å². The second-order valence-corrected chi connectivity index (χ2v) is 9.28. The summed E-state index contributed by atoms with van der Waals surface area (Å²) in [6.07, 6.45) is 3.55. The van der Waals surface area contributed by atoms with Crippen molar-refractivity contribution in [2.45, 2.75) is 63.6 Å². The van der Waals surface area contributed by atoms with Crippen LogP contribution in [0.1, 0.15) is 67.6 Å². The highest BCUT2D eigenvalue weighted by Gasteiger charge is 2.33. The predicted molar refractivity (Wildman–Crippen MR) is 131 cm³/mol. The number of carbonyl (C=O) groups is 2. The van der Waals surface area contributed by atoms with Crippen LogP contribution in [0.5, 0.6) is 0 Å². The topological polar surface area (TPSA) is 108 Å². The molecule has 8 nitrogen and oxygen atoms in total. The molecule has 2 aliphatic rings. The van der Waals surface area contributed by atoms with Gasteiger partial charge in [0.05, 0.1) is 25.2 Å². The second kappa shape index (κ2) is 12.3. The van der Waals surface area contributed by atoms with Crippen molar-refractivity contribution in [2.24, 2.45) is 0 Å². The molecule has 0 aliphatic carbocycles. The number of amides is 1. The van der Waals surface area contributed by atoms with Crippen LogP contribution in [0, 0.1) is 0 Å². The summed E-state index contributed by atoms with van der Waals surface area (Å²) in [4.78, 5) is 25.1. The van der Waals surface area contributed by atoms with Crippen LogP contribution >= 0.6 is 0 Å². The summed E-state index contributed by atoms with van der Waals surface area (Å²) in [5.41, 5.74) is 3.37. The summed E-state index contributed by atoms with van der Waals surface area (Å²) >= 11 is 0. The fourth-order valence-electron chi connectivity index (χ4n) is 4.63. The summed E-state index contributed by atoms with van der Waals surface area (Å²) in [6, 6.07) is 15.1. The molecule has 2 aromatic rings. The predicted octanol–water partition coefficient (Wildman–Crippen LogP) is 4.01. The monoisotopic (exact) mass is 482 g/mol. The van der Waals surface area contributed by atoms with Crippen LogP contribution in [-0.4, -0.2) is 52.7 Å². The molecule has 3 N–H and O–H groups in total. The Balaban J connectivity index is 1.46. The Labute approximate surface area is 205 Å². The van der Waals surface area contributed by atoms with Crippen LogP contribution < -0.4 is 5.32 Å². The van der Waals surface area contributed by atoms with Crippen LogP contribution in [0.3, 0.4) is 0 Å². The normalized spacial score (nSPS) is 23.1. The number of aliphatic carboxylic acids is 1. The van der Waals surface area contributed by atoms with Gasteiger partial charge in [0.25, 0.3) is 0 Å². The number of carboxylic acid groups (broad SMARTS) is 1. The minimum absolute atomic E-state index is 0.00825. The van der Waals surface area contributed by atoms with E-state index in [1.807, 2.05) is 36.4 Å². The molecule has 0 saturated carbocycles. The van der Waals surface area contributed by atoms with E-state index in [1.165, 1.54) is 19.3 Å². The van der Waals surface area contributed by atoms with E-state index < -0.39 is 12.3 Å². The van der Waals surface area contributed by atoms with Gasteiger partial charge in [0, 0.05) is 30.6 Å². The first kappa shape index (κ1) is 25.3. The van der Waals surface area contributed by atoms with Crippen molar-refractivity contribution in [3.63, 3.8) is 0 Å². The molecule has 0 radical (unpaired) electrons. The maximum atomic E-state index is 11.9. The standard InChI is InChI=1S/C27H34N2O6/c30-18-19-4-6-20(7-5-19)24-16-23(17-29-14-2-1-3-15-29)34-27(35-24)21-8-10-22(11-9-21)28-25(31)12-13-26(32)33/h4-11,23-24,27,30H,1-3,12-18H2,(H,28,31)(H,32,33). The minimum atomic E-state index is -0.998. The van der Waals surface area contributed by atoms with E-state index in [-0.39, 0.29) is 37.6 Å². The molecule has 2 aliphatic heterocycles. The summed E-state index contributed by atoms with van der Waals surface area (Å²) in [6.45, 7) is 3.06. The summed E-state index contributed by atoms with van der Waals surface area (Å²) in [5, 5.41) is 20.8. The number of carboxylic acids is 1. The van der Waals surface area contributed by atoms with Gasteiger partial charge >= 0.3 is 5.97 Å². The van der Waals surface area contributed by atoms with Crippen LogP contribution in [-0.2, 0) is 25.7 Å².